The van der Waals surface area contributed by atoms with E-state index < -0.39 is 0 Å². The second kappa shape index (κ2) is 6.42. The molecule has 0 aromatic rings. The first-order valence-electron chi connectivity index (χ1n) is 5.57. The Kier molecular flexibility index (Phi) is 4.60. The fourth-order valence-corrected chi connectivity index (χ4v) is 3.46. The number of thioether (sulfide) groups is 1. The average Bonchev–Trinajstić information content (AvgIpc) is 2.38. The molecule has 0 aliphatic heterocycles. The van der Waals surface area contributed by atoms with Crippen LogP contribution in [0, 0.1) is 6.08 Å². The van der Waals surface area contributed by atoms with Crippen molar-refractivity contribution < 1.29 is 0 Å². The molecule has 1 unspecified atom stereocenters. The molecule has 4 heteroatoms. The zero-order chi connectivity index (χ0) is 12.8. The maximum Gasteiger partial charge on any atom is 0.366 e. The summed E-state index contributed by atoms with van der Waals surface area (Å²) in [5, 5.41) is 0.252. The third kappa shape index (κ3) is 3.48. The number of hydrogen-bond donors (Lipinski definition) is 2. The van der Waals surface area contributed by atoms with Gasteiger partial charge in [-0.3, -0.25) is 0 Å². The molecule has 4 N–H and O–H groups in total. The second-order valence-corrected chi connectivity index (χ2v) is 6.07. The smallest absolute Gasteiger partial charge is 0.366 e. The van der Waals surface area contributed by atoms with Crippen LogP contribution in [0.4, 0.5) is 0 Å². The van der Waals surface area contributed by atoms with Gasteiger partial charge in [-0.2, -0.15) is 0 Å². The van der Waals surface area contributed by atoms with Crippen molar-refractivity contribution in [3.8, 4) is 0 Å². The summed E-state index contributed by atoms with van der Waals surface area (Å²) in [7, 11) is 0. The Morgan fingerprint density at radius 2 is 2.33 bits per heavy atom. The van der Waals surface area contributed by atoms with Crippen molar-refractivity contribution in [2.45, 2.75) is 5.25 Å². The van der Waals surface area contributed by atoms with E-state index in [0.29, 0.717) is 5.70 Å². The summed E-state index contributed by atoms with van der Waals surface area (Å²) in [6, 6.07) is 0. The minimum atomic E-state index is 0.252. The van der Waals surface area contributed by atoms with Crippen LogP contribution in [-0.4, -0.2) is 21.6 Å². The minimum absolute atomic E-state index is 0.252. The highest BCUT2D eigenvalue weighted by molar-refractivity contribution is 8.00. The van der Waals surface area contributed by atoms with Gasteiger partial charge in [-0.1, -0.05) is 0 Å². The molecule has 0 radical (unpaired) electrons. The van der Waals surface area contributed by atoms with E-state index in [1.807, 2.05) is 36.1 Å². The number of nitrogens with two attached hydrogens (primary N) is 2. The zero-order valence-corrected chi connectivity index (χ0v) is 11.5. The molecule has 90 valence electrons. The normalized spacial score (nSPS) is 22.9. The van der Waals surface area contributed by atoms with Crippen molar-refractivity contribution in [2.75, 3.05) is 11.5 Å². The summed E-state index contributed by atoms with van der Waals surface area (Å²) < 4.78 is 0. The maximum absolute atomic E-state index is 5.90. The molecule has 0 amide bonds. The van der Waals surface area contributed by atoms with Gasteiger partial charge in [0.15, 0.2) is 17.9 Å². The van der Waals surface area contributed by atoms with E-state index in [1.165, 1.54) is 0 Å². The summed E-state index contributed by atoms with van der Waals surface area (Å²) in [5.41, 5.74) is 19.3. The number of allylic oxidation sites excluding steroid dienone is 3. The fourth-order valence-electron chi connectivity index (χ4n) is 1.45. The van der Waals surface area contributed by atoms with Crippen LogP contribution in [0.1, 0.15) is 0 Å². The Hall–Kier alpha value is -1.53. The molecule has 0 fully saturated rings. The van der Waals surface area contributed by atoms with Crippen LogP contribution in [0.25, 0.3) is 0 Å². The topological polar surface area (TPSA) is 52.0 Å². The molecular formula is C14H14N2S2+2. The third-order valence-corrected chi connectivity index (χ3v) is 4.90. The minimum Gasteiger partial charge on any atom is -0.401 e. The lowest BCUT2D eigenvalue weighted by Crippen LogP contribution is -2.15. The molecule has 2 aliphatic rings. The van der Waals surface area contributed by atoms with E-state index in [1.54, 1.807) is 17.4 Å². The lowest BCUT2D eigenvalue weighted by Gasteiger charge is -2.11. The van der Waals surface area contributed by atoms with Crippen LogP contribution in [-0.2, 0) is 11.4 Å². The lowest BCUT2D eigenvalue weighted by atomic mass is 10.2. The monoisotopic (exact) mass is 274 g/mol. The molecule has 18 heavy (non-hydrogen) atoms. The van der Waals surface area contributed by atoms with Gasteiger partial charge in [0, 0.05) is 5.70 Å². The Morgan fingerprint density at radius 3 is 3.11 bits per heavy atom. The Morgan fingerprint density at radius 1 is 1.44 bits per heavy atom. The van der Waals surface area contributed by atoms with Crippen molar-refractivity contribution in [3.05, 3.63) is 59.3 Å². The standard InChI is InChI=1S/C14H14N2S2/c15-11-5-1-3-7-13(11)17-9-10-18-14-8-4-2-6-12(14)16/h1-2,5,7-8,13H,9-10,15-16H2/q+2. The average molecular weight is 274 g/mol. The molecule has 0 bridgehead atoms. The fraction of sp³-hybridized carbons (Fsp3) is 0.214. The summed E-state index contributed by atoms with van der Waals surface area (Å²) in [6.07, 6.45) is 12.3. The molecule has 1 atom stereocenters. The molecule has 2 nitrogen and oxygen atoms in total. The van der Waals surface area contributed by atoms with Crippen molar-refractivity contribution in [1.82, 2.24) is 0 Å². The van der Waals surface area contributed by atoms with Crippen LogP contribution in [0.2, 0.25) is 0 Å². The van der Waals surface area contributed by atoms with Gasteiger partial charge in [-0.25, -0.2) is 0 Å². The van der Waals surface area contributed by atoms with Crippen molar-refractivity contribution >= 4 is 28.0 Å². The summed E-state index contributed by atoms with van der Waals surface area (Å²) in [4.78, 5) is 1.04. The highest BCUT2D eigenvalue weighted by atomic mass is 32.2. The van der Waals surface area contributed by atoms with E-state index in [-0.39, 0.29) is 5.25 Å². The van der Waals surface area contributed by atoms with Gasteiger partial charge in [0.2, 0.25) is 0 Å². The van der Waals surface area contributed by atoms with Crippen LogP contribution in [0.15, 0.2) is 53.2 Å². The van der Waals surface area contributed by atoms with E-state index in [2.05, 4.69) is 17.5 Å². The molecule has 0 spiro atoms. The summed E-state index contributed by atoms with van der Waals surface area (Å²) >= 11 is 3.54. The van der Waals surface area contributed by atoms with Gasteiger partial charge in [0.25, 0.3) is 17.0 Å². The maximum atomic E-state index is 5.90. The van der Waals surface area contributed by atoms with Crippen molar-refractivity contribution in [3.63, 3.8) is 0 Å². The van der Waals surface area contributed by atoms with Gasteiger partial charge < -0.3 is 11.5 Å². The summed E-state index contributed by atoms with van der Waals surface area (Å²) in [6.45, 7) is 0. The van der Waals surface area contributed by atoms with Gasteiger partial charge in [0.05, 0.1) is 22.8 Å². The first kappa shape index (κ1) is 12.9. The lowest BCUT2D eigenvalue weighted by molar-refractivity contribution is 1.17. The first-order valence-corrected chi connectivity index (χ1v) is 7.60. The van der Waals surface area contributed by atoms with Crippen LogP contribution < -0.4 is 11.5 Å². The molecule has 2 aliphatic carbocycles. The molecule has 0 aromatic heterocycles. The van der Waals surface area contributed by atoms with Crippen molar-refractivity contribution in [1.29, 1.82) is 0 Å². The van der Waals surface area contributed by atoms with Gasteiger partial charge >= 0.3 is 4.86 Å². The SMILES string of the molecule is NC1=C=C[C+]=CC1=[S+]CCSC1C=C=CC=C1N. The van der Waals surface area contributed by atoms with Crippen LogP contribution in [0.5, 0.6) is 0 Å². The van der Waals surface area contributed by atoms with E-state index in [0.717, 1.165) is 22.1 Å². The van der Waals surface area contributed by atoms with Gasteiger partial charge in [-0.15, -0.1) is 17.5 Å². The van der Waals surface area contributed by atoms with Gasteiger partial charge in [-0.05, 0) is 18.2 Å². The van der Waals surface area contributed by atoms with E-state index in [9.17, 15) is 0 Å². The molecule has 0 saturated carbocycles. The predicted molar refractivity (Wildman–Crippen MR) is 82.0 cm³/mol. The second-order valence-electron chi connectivity index (χ2n) is 3.68. The Labute approximate surface area is 115 Å². The predicted octanol–water partition coefficient (Wildman–Crippen LogP) is 1.28. The molecule has 0 saturated heterocycles. The van der Waals surface area contributed by atoms with Crippen molar-refractivity contribution in [2.24, 2.45) is 11.5 Å². The van der Waals surface area contributed by atoms with Crippen LogP contribution >= 0.6 is 11.8 Å². The first-order chi connectivity index (χ1) is 8.77. The quantitative estimate of drug-likeness (QED) is 0.267. The number of hydrogen-bond acceptors (Lipinski definition) is 3. The molecule has 0 aromatic carbocycles. The Balaban J connectivity index is 1.82. The van der Waals surface area contributed by atoms with E-state index >= 15 is 0 Å². The summed E-state index contributed by atoms with van der Waals surface area (Å²) in [5.74, 6) is 2.00. The highest BCUT2D eigenvalue weighted by Crippen LogP contribution is 2.19. The largest absolute Gasteiger partial charge is 0.401 e. The molecule has 2 rings (SSSR count). The third-order valence-electron chi connectivity index (χ3n) is 2.38. The van der Waals surface area contributed by atoms with Crippen LogP contribution in [0.3, 0.4) is 0 Å². The molecular weight excluding hydrogens is 260 g/mol. The zero-order valence-electron chi connectivity index (χ0n) is 9.85. The van der Waals surface area contributed by atoms with E-state index in [4.69, 9.17) is 11.5 Å². The molecule has 0 heterocycles. The van der Waals surface area contributed by atoms with Gasteiger partial charge in [0.1, 0.15) is 0 Å². The highest BCUT2D eigenvalue weighted by Gasteiger charge is 2.22. The number of rotatable bonds is 4. The Bertz CT molecular complexity index is 540.